The van der Waals surface area contributed by atoms with E-state index >= 15 is 0 Å². The number of aryl methyl sites for hydroxylation is 1. The summed E-state index contributed by atoms with van der Waals surface area (Å²) in [4.78, 5) is 0. The first-order valence-corrected chi connectivity index (χ1v) is 5.55. The van der Waals surface area contributed by atoms with E-state index in [2.05, 4.69) is 20.7 Å². The van der Waals surface area contributed by atoms with Gasteiger partial charge in [0, 0.05) is 5.33 Å². The van der Waals surface area contributed by atoms with Crippen LogP contribution >= 0.6 is 15.9 Å². The molecule has 0 saturated heterocycles. The van der Waals surface area contributed by atoms with Crippen LogP contribution in [0, 0.1) is 5.82 Å². The van der Waals surface area contributed by atoms with Crippen LogP contribution < -0.4 is 4.74 Å². The van der Waals surface area contributed by atoms with Gasteiger partial charge in [0.05, 0.1) is 0 Å². The lowest BCUT2D eigenvalue weighted by Gasteiger charge is -2.07. The molecule has 0 atom stereocenters. The molecule has 0 N–H and O–H groups in total. The van der Waals surface area contributed by atoms with Gasteiger partial charge in [0.2, 0.25) is 0 Å². The highest BCUT2D eigenvalue weighted by Crippen LogP contribution is 2.21. The van der Waals surface area contributed by atoms with E-state index < -0.39 is 18.2 Å². The molecule has 0 aliphatic carbocycles. The molecular weight excluding hydrogens is 273 g/mol. The first-order chi connectivity index (χ1) is 7.13. The molecule has 0 saturated carbocycles. The van der Waals surface area contributed by atoms with Crippen LogP contribution in [0.3, 0.4) is 0 Å². The first kappa shape index (κ1) is 12.4. The zero-order valence-corrected chi connectivity index (χ0v) is 9.44. The number of alkyl halides is 3. The van der Waals surface area contributed by atoms with Crippen molar-refractivity contribution in [2.75, 3.05) is 5.33 Å². The molecule has 5 heteroatoms. The van der Waals surface area contributed by atoms with Crippen LogP contribution in [-0.2, 0) is 6.42 Å². The van der Waals surface area contributed by atoms with Crippen LogP contribution in [0.4, 0.5) is 13.2 Å². The average Bonchev–Trinajstić information content (AvgIpc) is 2.18. The van der Waals surface area contributed by atoms with Gasteiger partial charge in [-0.1, -0.05) is 22.0 Å². The summed E-state index contributed by atoms with van der Waals surface area (Å²) in [5.41, 5.74) is 0.772. The van der Waals surface area contributed by atoms with Gasteiger partial charge in [-0.3, -0.25) is 0 Å². The van der Waals surface area contributed by atoms with E-state index in [0.29, 0.717) is 6.42 Å². The quantitative estimate of drug-likeness (QED) is 0.748. The molecule has 0 aliphatic heterocycles. The molecular formula is C10H10BrF3O. The van der Waals surface area contributed by atoms with Crippen molar-refractivity contribution in [3.8, 4) is 5.75 Å². The van der Waals surface area contributed by atoms with Gasteiger partial charge in [-0.05, 0) is 30.5 Å². The predicted molar refractivity (Wildman–Crippen MR) is 55.1 cm³/mol. The highest BCUT2D eigenvalue weighted by atomic mass is 79.9. The summed E-state index contributed by atoms with van der Waals surface area (Å²) in [7, 11) is 0. The summed E-state index contributed by atoms with van der Waals surface area (Å²) in [5, 5.41) is 0.823. The second-order valence-electron chi connectivity index (χ2n) is 2.94. The maximum Gasteiger partial charge on any atom is 0.387 e. The van der Waals surface area contributed by atoms with Crippen molar-refractivity contribution in [3.63, 3.8) is 0 Å². The monoisotopic (exact) mass is 282 g/mol. The van der Waals surface area contributed by atoms with Crippen molar-refractivity contribution in [3.05, 3.63) is 29.6 Å². The largest absolute Gasteiger partial charge is 0.432 e. The molecule has 1 aromatic rings. The fourth-order valence-electron chi connectivity index (χ4n) is 1.16. The van der Waals surface area contributed by atoms with E-state index in [-0.39, 0.29) is 0 Å². The molecule has 0 amide bonds. The highest BCUT2D eigenvalue weighted by molar-refractivity contribution is 9.09. The molecule has 0 radical (unpaired) electrons. The Morgan fingerprint density at radius 3 is 2.60 bits per heavy atom. The van der Waals surface area contributed by atoms with Gasteiger partial charge in [0.25, 0.3) is 0 Å². The fraction of sp³-hybridized carbons (Fsp3) is 0.400. The Kier molecular flexibility index (Phi) is 4.94. The Morgan fingerprint density at radius 1 is 1.33 bits per heavy atom. The summed E-state index contributed by atoms with van der Waals surface area (Å²) in [6, 6.07) is 4.04. The fourth-order valence-corrected chi connectivity index (χ4v) is 1.44. The normalized spacial score (nSPS) is 10.7. The van der Waals surface area contributed by atoms with Crippen LogP contribution in [0.5, 0.6) is 5.75 Å². The topological polar surface area (TPSA) is 9.23 Å². The van der Waals surface area contributed by atoms with Crippen molar-refractivity contribution in [2.24, 2.45) is 0 Å². The third-order valence-corrected chi connectivity index (χ3v) is 2.37. The van der Waals surface area contributed by atoms with Crippen molar-refractivity contribution < 1.29 is 17.9 Å². The SMILES string of the molecule is Fc1cc(CCCBr)ccc1OC(F)F. The summed E-state index contributed by atoms with van der Waals surface area (Å²) in [6.07, 6.45) is 1.58. The minimum Gasteiger partial charge on any atom is -0.432 e. The predicted octanol–water partition coefficient (Wildman–Crippen LogP) is 3.75. The third kappa shape index (κ3) is 4.11. The molecule has 0 aromatic heterocycles. The van der Waals surface area contributed by atoms with Crippen molar-refractivity contribution in [2.45, 2.75) is 19.5 Å². The van der Waals surface area contributed by atoms with Crippen molar-refractivity contribution in [1.29, 1.82) is 0 Å². The van der Waals surface area contributed by atoms with E-state index in [9.17, 15) is 13.2 Å². The summed E-state index contributed by atoms with van der Waals surface area (Å²) in [6.45, 7) is -2.99. The summed E-state index contributed by atoms with van der Waals surface area (Å²) < 4.78 is 40.8. The third-order valence-electron chi connectivity index (χ3n) is 1.81. The number of rotatable bonds is 5. The summed E-state index contributed by atoms with van der Waals surface area (Å²) in [5.74, 6) is -1.16. The van der Waals surface area contributed by atoms with E-state index in [1.54, 1.807) is 6.07 Å². The average molecular weight is 283 g/mol. The molecule has 84 valence electrons. The molecule has 0 unspecified atom stereocenters. The minimum atomic E-state index is -2.99. The lowest BCUT2D eigenvalue weighted by molar-refractivity contribution is -0.0522. The van der Waals surface area contributed by atoms with E-state index in [1.165, 1.54) is 12.1 Å². The lowest BCUT2D eigenvalue weighted by atomic mass is 10.1. The molecule has 0 fully saturated rings. The molecule has 1 rings (SSSR count). The van der Waals surface area contributed by atoms with Gasteiger partial charge in [0.15, 0.2) is 11.6 Å². The van der Waals surface area contributed by atoms with Crippen LogP contribution in [0.1, 0.15) is 12.0 Å². The second kappa shape index (κ2) is 6.00. The zero-order valence-electron chi connectivity index (χ0n) is 7.85. The Balaban J connectivity index is 2.70. The van der Waals surface area contributed by atoms with Gasteiger partial charge in [0.1, 0.15) is 0 Å². The van der Waals surface area contributed by atoms with Crippen LogP contribution in [0.25, 0.3) is 0 Å². The van der Waals surface area contributed by atoms with Crippen molar-refractivity contribution in [1.82, 2.24) is 0 Å². The van der Waals surface area contributed by atoms with Crippen LogP contribution in [0.2, 0.25) is 0 Å². The minimum absolute atomic E-state index is 0.410. The molecule has 0 spiro atoms. The highest BCUT2D eigenvalue weighted by Gasteiger charge is 2.09. The molecule has 1 aromatic carbocycles. The number of ether oxygens (including phenoxy) is 1. The van der Waals surface area contributed by atoms with Gasteiger partial charge in [-0.25, -0.2) is 4.39 Å². The number of halogens is 4. The zero-order chi connectivity index (χ0) is 11.3. The van der Waals surface area contributed by atoms with E-state index in [1.807, 2.05) is 0 Å². The number of hydrogen-bond acceptors (Lipinski definition) is 1. The number of benzene rings is 1. The molecule has 0 bridgehead atoms. The molecule has 1 nitrogen and oxygen atoms in total. The van der Waals surface area contributed by atoms with E-state index in [4.69, 9.17) is 0 Å². The first-order valence-electron chi connectivity index (χ1n) is 4.42. The Hall–Kier alpha value is -0.710. The Bertz CT molecular complexity index is 318. The second-order valence-corrected chi connectivity index (χ2v) is 3.73. The summed E-state index contributed by atoms with van der Waals surface area (Å²) >= 11 is 3.25. The number of hydrogen-bond donors (Lipinski definition) is 0. The Labute approximate surface area is 94.4 Å². The van der Waals surface area contributed by atoms with Crippen LogP contribution in [0.15, 0.2) is 18.2 Å². The molecule has 0 aliphatic rings. The molecule has 15 heavy (non-hydrogen) atoms. The molecule has 0 heterocycles. The van der Waals surface area contributed by atoms with Crippen molar-refractivity contribution >= 4 is 15.9 Å². The van der Waals surface area contributed by atoms with E-state index in [0.717, 1.165) is 17.3 Å². The Morgan fingerprint density at radius 2 is 2.07 bits per heavy atom. The standard InChI is InChI=1S/C10H10BrF3O/c11-5-1-2-7-3-4-9(8(12)6-7)15-10(13)14/h3-4,6,10H,1-2,5H2. The van der Waals surface area contributed by atoms with Gasteiger partial charge < -0.3 is 4.74 Å². The van der Waals surface area contributed by atoms with Gasteiger partial charge in [-0.2, -0.15) is 8.78 Å². The van der Waals surface area contributed by atoms with Gasteiger partial charge >= 0.3 is 6.61 Å². The maximum atomic E-state index is 13.2. The van der Waals surface area contributed by atoms with Gasteiger partial charge in [-0.15, -0.1) is 0 Å². The smallest absolute Gasteiger partial charge is 0.387 e. The lowest BCUT2D eigenvalue weighted by Crippen LogP contribution is -2.04. The maximum absolute atomic E-state index is 13.2. The van der Waals surface area contributed by atoms with Crippen LogP contribution in [-0.4, -0.2) is 11.9 Å².